The molecule has 2 atom stereocenters. The van der Waals surface area contributed by atoms with Crippen LogP contribution in [0.1, 0.15) is 24.5 Å². The van der Waals surface area contributed by atoms with Gasteiger partial charge in [-0.3, -0.25) is 4.79 Å². The molecule has 1 fully saturated rings. The van der Waals surface area contributed by atoms with Crippen LogP contribution < -0.4 is 10.6 Å². The normalized spacial score (nSPS) is 20.8. The van der Waals surface area contributed by atoms with E-state index in [1.54, 1.807) is 12.1 Å². The summed E-state index contributed by atoms with van der Waals surface area (Å²) in [4.78, 5) is 11.9. The molecule has 1 saturated heterocycles. The third-order valence-electron chi connectivity index (χ3n) is 3.40. The number of rotatable bonds is 4. The van der Waals surface area contributed by atoms with Crippen molar-refractivity contribution < 1.29 is 9.90 Å². The second-order valence-corrected chi connectivity index (χ2v) is 5.23. The molecule has 3 N–H and O–H groups in total. The molecule has 19 heavy (non-hydrogen) atoms. The molecule has 2 rings (SSSR count). The van der Waals surface area contributed by atoms with Crippen LogP contribution in [0.25, 0.3) is 0 Å². The Morgan fingerprint density at radius 2 is 2.32 bits per heavy atom. The molecule has 0 bridgehead atoms. The fraction of sp³-hybridized carbons (Fsp3) is 0.500. The lowest BCUT2D eigenvalue weighted by molar-refractivity contribution is -0.125. The summed E-state index contributed by atoms with van der Waals surface area (Å²) < 4.78 is 0. The van der Waals surface area contributed by atoms with Crippen molar-refractivity contribution in [1.82, 2.24) is 10.6 Å². The Hall–Kier alpha value is -1.10. The quantitative estimate of drug-likeness (QED) is 0.784. The average Bonchev–Trinajstić information content (AvgIpc) is 2.46. The summed E-state index contributed by atoms with van der Waals surface area (Å²) in [7, 11) is 0. The second-order valence-electron chi connectivity index (χ2n) is 4.83. The zero-order valence-electron chi connectivity index (χ0n) is 10.7. The minimum atomic E-state index is -0.769. The average molecular weight is 283 g/mol. The predicted octanol–water partition coefficient (Wildman–Crippen LogP) is 1.49. The molecule has 1 heterocycles. The first-order valence-corrected chi connectivity index (χ1v) is 6.97. The van der Waals surface area contributed by atoms with Gasteiger partial charge in [0.15, 0.2) is 0 Å². The summed E-state index contributed by atoms with van der Waals surface area (Å²) in [5.74, 6) is 0.00509. The highest BCUT2D eigenvalue weighted by Crippen LogP contribution is 2.22. The SMILES string of the molecule is O=C(NC[C@H](O)c1ccccc1Cl)[C@@H]1CCCNC1. The molecule has 0 spiro atoms. The van der Waals surface area contributed by atoms with E-state index in [-0.39, 0.29) is 18.4 Å². The Kier molecular flexibility index (Phi) is 5.19. The molecular weight excluding hydrogens is 264 g/mol. The standard InChI is InChI=1S/C14H19ClN2O2/c15-12-6-2-1-5-11(12)13(18)9-17-14(19)10-4-3-7-16-8-10/h1-2,5-6,10,13,16,18H,3-4,7-9H2,(H,17,19)/t10-,13+/m1/s1. The fourth-order valence-electron chi connectivity index (χ4n) is 2.27. The van der Waals surface area contributed by atoms with Gasteiger partial charge in [0.25, 0.3) is 0 Å². The minimum absolute atomic E-state index is 0.00157. The first-order valence-electron chi connectivity index (χ1n) is 6.59. The van der Waals surface area contributed by atoms with Crippen LogP contribution in [0.2, 0.25) is 5.02 Å². The molecule has 104 valence electrons. The highest BCUT2D eigenvalue weighted by Gasteiger charge is 2.21. The van der Waals surface area contributed by atoms with Crippen molar-refractivity contribution >= 4 is 17.5 Å². The lowest BCUT2D eigenvalue weighted by Gasteiger charge is -2.22. The first-order chi connectivity index (χ1) is 9.18. The van der Waals surface area contributed by atoms with Gasteiger partial charge in [-0.15, -0.1) is 0 Å². The van der Waals surface area contributed by atoms with Gasteiger partial charge < -0.3 is 15.7 Å². The smallest absolute Gasteiger partial charge is 0.224 e. The van der Waals surface area contributed by atoms with Crippen molar-refractivity contribution in [3.63, 3.8) is 0 Å². The van der Waals surface area contributed by atoms with E-state index < -0.39 is 6.10 Å². The third kappa shape index (κ3) is 3.93. The van der Waals surface area contributed by atoms with Crippen LogP contribution in [-0.4, -0.2) is 30.6 Å². The molecule has 1 aromatic rings. The number of hydrogen-bond donors (Lipinski definition) is 3. The topological polar surface area (TPSA) is 61.4 Å². The van der Waals surface area contributed by atoms with E-state index in [9.17, 15) is 9.90 Å². The van der Waals surface area contributed by atoms with Gasteiger partial charge in [-0.05, 0) is 25.5 Å². The van der Waals surface area contributed by atoms with Crippen LogP contribution in [-0.2, 0) is 4.79 Å². The van der Waals surface area contributed by atoms with Gasteiger partial charge in [0.2, 0.25) is 5.91 Å². The number of carbonyl (C=O) groups excluding carboxylic acids is 1. The van der Waals surface area contributed by atoms with E-state index in [1.165, 1.54) is 0 Å². The van der Waals surface area contributed by atoms with Crippen LogP contribution in [0.3, 0.4) is 0 Å². The number of aliphatic hydroxyl groups excluding tert-OH is 1. The van der Waals surface area contributed by atoms with Gasteiger partial charge in [0.1, 0.15) is 0 Å². The number of amides is 1. The largest absolute Gasteiger partial charge is 0.387 e. The lowest BCUT2D eigenvalue weighted by atomic mass is 9.98. The zero-order valence-corrected chi connectivity index (χ0v) is 11.5. The van der Waals surface area contributed by atoms with Crippen LogP contribution in [0.15, 0.2) is 24.3 Å². The third-order valence-corrected chi connectivity index (χ3v) is 3.75. The first kappa shape index (κ1) is 14.3. The van der Waals surface area contributed by atoms with Gasteiger partial charge in [-0.25, -0.2) is 0 Å². The van der Waals surface area contributed by atoms with Crippen LogP contribution in [0.4, 0.5) is 0 Å². The van der Waals surface area contributed by atoms with Crippen molar-refractivity contribution in [3.05, 3.63) is 34.9 Å². The van der Waals surface area contributed by atoms with E-state index in [4.69, 9.17) is 11.6 Å². The second kappa shape index (κ2) is 6.89. The summed E-state index contributed by atoms with van der Waals surface area (Å²) in [5.41, 5.74) is 0.645. The maximum Gasteiger partial charge on any atom is 0.224 e. The number of piperidine rings is 1. The fourth-order valence-corrected chi connectivity index (χ4v) is 2.53. The van der Waals surface area contributed by atoms with E-state index >= 15 is 0 Å². The summed E-state index contributed by atoms with van der Waals surface area (Å²) in [5, 5.41) is 16.5. The Balaban J connectivity index is 1.84. The molecule has 0 aliphatic carbocycles. The Morgan fingerprint density at radius 3 is 3.00 bits per heavy atom. The highest BCUT2D eigenvalue weighted by atomic mass is 35.5. The van der Waals surface area contributed by atoms with E-state index in [1.807, 2.05) is 12.1 Å². The summed E-state index contributed by atoms with van der Waals surface area (Å²) >= 11 is 6.00. The molecule has 1 aromatic carbocycles. The molecule has 4 nitrogen and oxygen atoms in total. The molecule has 1 aliphatic heterocycles. The van der Waals surface area contributed by atoms with Gasteiger partial charge in [0.05, 0.1) is 12.0 Å². The molecule has 0 radical (unpaired) electrons. The van der Waals surface area contributed by atoms with Crippen molar-refractivity contribution in [2.75, 3.05) is 19.6 Å². The van der Waals surface area contributed by atoms with Crippen LogP contribution >= 0.6 is 11.6 Å². The number of aliphatic hydroxyl groups is 1. The lowest BCUT2D eigenvalue weighted by Crippen LogP contribution is -2.41. The van der Waals surface area contributed by atoms with Gasteiger partial charge in [-0.1, -0.05) is 29.8 Å². The van der Waals surface area contributed by atoms with Crippen molar-refractivity contribution in [2.45, 2.75) is 18.9 Å². The molecule has 1 amide bonds. The molecule has 1 aliphatic rings. The molecule has 0 saturated carbocycles. The monoisotopic (exact) mass is 282 g/mol. The maximum atomic E-state index is 11.9. The summed E-state index contributed by atoms with van der Waals surface area (Å²) in [6, 6.07) is 7.12. The molecule has 0 unspecified atom stereocenters. The predicted molar refractivity (Wildman–Crippen MR) is 75.0 cm³/mol. The molecular formula is C14H19ClN2O2. The van der Waals surface area contributed by atoms with Gasteiger partial charge in [-0.2, -0.15) is 0 Å². The Labute approximate surface area is 118 Å². The highest BCUT2D eigenvalue weighted by molar-refractivity contribution is 6.31. The van der Waals surface area contributed by atoms with E-state index in [0.29, 0.717) is 17.1 Å². The van der Waals surface area contributed by atoms with Crippen molar-refractivity contribution in [1.29, 1.82) is 0 Å². The molecule has 5 heteroatoms. The molecule has 0 aromatic heterocycles. The van der Waals surface area contributed by atoms with Gasteiger partial charge in [0, 0.05) is 23.7 Å². The number of hydrogen-bond acceptors (Lipinski definition) is 3. The number of benzene rings is 1. The van der Waals surface area contributed by atoms with Gasteiger partial charge >= 0.3 is 0 Å². The summed E-state index contributed by atoms with van der Waals surface area (Å²) in [6.45, 7) is 1.89. The van der Waals surface area contributed by atoms with Crippen molar-refractivity contribution in [3.8, 4) is 0 Å². The van der Waals surface area contributed by atoms with Crippen LogP contribution in [0.5, 0.6) is 0 Å². The van der Waals surface area contributed by atoms with Crippen molar-refractivity contribution in [2.24, 2.45) is 5.92 Å². The zero-order chi connectivity index (χ0) is 13.7. The maximum absolute atomic E-state index is 11.9. The van der Waals surface area contributed by atoms with E-state index in [0.717, 1.165) is 19.4 Å². The Bertz CT molecular complexity index is 433. The summed E-state index contributed by atoms with van der Waals surface area (Å²) in [6.07, 6.45) is 1.15. The number of carbonyl (C=O) groups is 1. The minimum Gasteiger partial charge on any atom is -0.387 e. The van der Waals surface area contributed by atoms with Crippen LogP contribution in [0, 0.1) is 5.92 Å². The number of halogens is 1. The Morgan fingerprint density at radius 1 is 1.53 bits per heavy atom. The number of nitrogens with one attached hydrogen (secondary N) is 2. The van der Waals surface area contributed by atoms with E-state index in [2.05, 4.69) is 10.6 Å².